The van der Waals surface area contributed by atoms with Crippen molar-refractivity contribution in [2.75, 3.05) is 12.4 Å². The number of fused-ring (bicyclic) bond motifs is 1. The van der Waals surface area contributed by atoms with E-state index in [4.69, 9.17) is 4.74 Å². The van der Waals surface area contributed by atoms with Gasteiger partial charge in [-0.3, -0.25) is 9.78 Å². The summed E-state index contributed by atoms with van der Waals surface area (Å²) in [5.74, 6) is 0.770. The Balaban J connectivity index is 1.66. The van der Waals surface area contributed by atoms with Crippen LogP contribution in [0.15, 0.2) is 65.3 Å². The third-order valence-electron chi connectivity index (χ3n) is 4.87. The topological polar surface area (TPSA) is 54.5 Å². The smallest absolute Gasteiger partial charge is 0.258 e. The van der Waals surface area contributed by atoms with Crippen molar-refractivity contribution in [2.24, 2.45) is 0 Å². The monoisotopic (exact) mass is 437 g/mol. The van der Waals surface area contributed by atoms with E-state index in [1.54, 1.807) is 19.4 Å². The molecule has 1 aliphatic rings. The van der Waals surface area contributed by atoms with Crippen molar-refractivity contribution in [3.63, 3.8) is 0 Å². The number of benzene rings is 2. The summed E-state index contributed by atoms with van der Waals surface area (Å²) in [7, 11) is 1.64. The van der Waals surface area contributed by atoms with Crippen LogP contribution in [0.2, 0.25) is 0 Å². The summed E-state index contributed by atoms with van der Waals surface area (Å²) in [5.41, 5.74) is 4.48. The van der Waals surface area contributed by atoms with Crippen LogP contribution >= 0.6 is 15.9 Å². The Hall–Kier alpha value is -2.86. The van der Waals surface area contributed by atoms with E-state index in [-0.39, 0.29) is 12.1 Å². The molecule has 1 aromatic heterocycles. The molecule has 0 saturated heterocycles. The molecule has 2 aromatic carbocycles. The first-order valence-electron chi connectivity index (χ1n) is 8.98. The van der Waals surface area contributed by atoms with Gasteiger partial charge in [0.1, 0.15) is 11.9 Å². The number of ether oxygens (including phenoxy) is 1. The maximum absolute atomic E-state index is 13.1. The molecule has 1 N–H and O–H groups in total. The molecule has 2 heterocycles. The van der Waals surface area contributed by atoms with Gasteiger partial charge in [0.2, 0.25) is 0 Å². The highest BCUT2D eigenvalue weighted by Gasteiger charge is 2.37. The first-order chi connectivity index (χ1) is 13.6. The minimum Gasteiger partial charge on any atom is -0.497 e. The third kappa shape index (κ3) is 3.47. The number of carbonyl (C=O) groups is 1. The van der Waals surface area contributed by atoms with Gasteiger partial charge in [-0.1, -0.05) is 28.1 Å². The van der Waals surface area contributed by atoms with Crippen LogP contribution in [0.25, 0.3) is 0 Å². The van der Waals surface area contributed by atoms with E-state index in [9.17, 15) is 4.79 Å². The summed E-state index contributed by atoms with van der Waals surface area (Å²) < 4.78 is 6.28. The molecule has 28 heavy (non-hydrogen) atoms. The zero-order chi connectivity index (χ0) is 19.7. The first-order valence-corrected chi connectivity index (χ1v) is 9.77. The predicted octanol–water partition coefficient (Wildman–Crippen LogP) is 4.93. The highest BCUT2D eigenvalue weighted by Crippen LogP contribution is 2.35. The second kappa shape index (κ2) is 7.64. The fraction of sp³-hybridized carbons (Fsp3) is 0.182. The van der Waals surface area contributed by atoms with E-state index in [1.807, 2.05) is 54.3 Å². The Bertz CT molecular complexity index is 1020. The van der Waals surface area contributed by atoms with Crippen LogP contribution in [-0.2, 0) is 6.54 Å². The van der Waals surface area contributed by atoms with E-state index >= 15 is 0 Å². The number of carbonyl (C=O) groups excluding carboxylic acids is 1. The highest BCUT2D eigenvalue weighted by atomic mass is 79.9. The summed E-state index contributed by atoms with van der Waals surface area (Å²) in [6, 6.07) is 17.4. The lowest BCUT2D eigenvalue weighted by Crippen LogP contribution is -2.32. The first kappa shape index (κ1) is 18.5. The summed E-state index contributed by atoms with van der Waals surface area (Å²) >= 11 is 3.53. The number of hydrogen-bond donors (Lipinski definition) is 1. The Labute approximate surface area is 172 Å². The molecule has 6 heteroatoms. The number of methoxy groups -OCH3 is 1. The molecular weight excluding hydrogens is 418 g/mol. The van der Waals surface area contributed by atoms with Crippen LogP contribution in [0.1, 0.15) is 33.3 Å². The molecule has 1 amide bonds. The van der Waals surface area contributed by atoms with Gasteiger partial charge in [-0.2, -0.15) is 0 Å². The Kier molecular flexibility index (Phi) is 5.05. The standard InChI is InChI=1S/C22H20BrN3O2/c1-14-12-16(7-10-19(14)23)25-21-20-18(4-3-11-24-20)22(27)26(21)13-15-5-8-17(28-2)9-6-15/h3-12,21,25H,13H2,1-2H3/t21-/m1/s1. The second-order valence-corrected chi connectivity index (χ2v) is 7.58. The van der Waals surface area contributed by atoms with Gasteiger partial charge in [0.25, 0.3) is 5.91 Å². The predicted molar refractivity (Wildman–Crippen MR) is 112 cm³/mol. The zero-order valence-corrected chi connectivity index (χ0v) is 17.2. The van der Waals surface area contributed by atoms with Crippen molar-refractivity contribution >= 4 is 27.5 Å². The molecule has 5 nitrogen and oxygen atoms in total. The van der Waals surface area contributed by atoms with Crippen LogP contribution in [0.5, 0.6) is 5.75 Å². The zero-order valence-electron chi connectivity index (χ0n) is 15.6. The summed E-state index contributed by atoms with van der Waals surface area (Å²) in [6.07, 6.45) is 1.40. The molecule has 1 atom stereocenters. The van der Waals surface area contributed by atoms with Crippen LogP contribution in [0, 0.1) is 6.92 Å². The molecule has 0 radical (unpaired) electrons. The molecule has 1 aliphatic heterocycles. The van der Waals surface area contributed by atoms with Gasteiger partial charge in [-0.05, 0) is 60.5 Å². The lowest BCUT2D eigenvalue weighted by Gasteiger charge is -2.27. The van der Waals surface area contributed by atoms with Gasteiger partial charge in [0, 0.05) is 22.9 Å². The third-order valence-corrected chi connectivity index (χ3v) is 5.76. The summed E-state index contributed by atoms with van der Waals surface area (Å²) in [6.45, 7) is 2.52. The van der Waals surface area contributed by atoms with Crippen molar-refractivity contribution in [1.29, 1.82) is 0 Å². The van der Waals surface area contributed by atoms with Gasteiger partial charge in [0.15, 0.2) is 0 Å². The number of rotatable bonds is 5. The second-order valence-electron chi connectivity index (χ2n) is 6.73. The van der Waals surface area contributed by atoms with Crippen molar-refractivity contribution in [2.45, 2.75) is 19.6 Å². The van der Waals surface area contributed by atoms with Gasteiger partial charge in [-0.25, -0.2) is 0 Å². The van der Waals surface area contributed by atoms with Gasteiger partial charge >= 0.3 is 0 Å². The number of halogens is 1. The summed E-state index contributed by atoms with van der Waals surface area (Å²) in [5, 5.41) is 3.49. The molecular formula is C22H20BrN3O2. The maximum atomic E-state index is 13.1. The average Bonchev–Trinajstić information content (AvgIpc) is 2.97. The lowest BCUT2D eigenvalue weighted by atomic mass is 10.2. The van der Waals surface area contributed by atoms with Crippen molar-refractivity contribution in [1.82, 2.24) is 9.88 Å². The van der Waals surface area contributed by atoms with Gasteiger partial charge < -0.3 is 15.0 Å². The number of amides is 1. The molecule has 3 aromatic rings. The number of nitrogens with one attached hydrogen (secondary N) is 1. The van der Waals surface area contributed by atoms with Crippen LogP contribution in [0.3, 0.4) is 0 Å². The molecule has 0 aliphatic carbocycles. The molecule has 142 valence electrons. The van der Waals surface area contributed by atoms with E-state index < -0.39 is 0 Å². The Morgan fingerprint density at radius 3 is 2.68 bits per heavy atom. The summed E-state index contributed by atoms with van der Waals surface area (Å²) in [4.78, 5) is 19.4. The SMILES string of the molecule is COc1ccc(CN2C(=O)c3cccnc3[C@@H]2Nc2ccc(Br)c(C)c2)cc1. The molecule has 0 spiro atoms. The molecule has 0 unspecified atom stereocenters. The van der Waals surface area contributed by atoms with Crippen molar-refractivity contribution in [3.8, 4) is 5.75 Å². The van der Waals surface area contributed by atoms with E-state index in [1.165, 1.54) is 0 Å². The number of hydrogen-bond acceptors (Lipinski definition) is 4. The minimum atomic E-state index is -0.327. The van der Waals surface area contributed by atoms with E-state index in [0.29, 0.717) is 12.1 Å². The van der Waals surface area contributed by atoms with Crippen LogP contribution < -0.4 is 10.1 Å². The lowest BCUT2D eigenvalue weighted by molar-refractivity contribution is 0.0728. The Morgan fingerprint density at radius 1 is 1.18 bits per heavy atom. The van der Waals surface area contributed by atoms with Crippen molar-refractivity contribution in [3.05, 3.63) is 87.7 Å². The number of nitrogens with zero attached hydrogens (tertiary/aromatic N) is 2. The highest BCUT2D eigenvalue weighted by molar-refractivity contribution is 9.10. The van der Waals surface area contributed by atoms with Crippen molar-refractivity contribution < 1.29 is 9.53 Å². The quantitative estimate of drug-likeness (QED) is 0.614. The molecule has 4 rings (SSSR count). The maximum Gasteiger partial charge on any atom is 0.258 e. The number of aryl methyl sites for hydroxylation is 1. The molecule has 0 bridgehead atoms. The molecule has 0 fully saturated rings. The minimum absolute atomic E-state index is 0.0229. The number of pyridine rings is 1. The van der Waals surface area contributed by atoms with E-state index in [0.717, 1.165) is 32.7 Å². The fourth-order valence-corrected chi connectivity index (χ4v) is 3.61. The number of anilines is 1. The normalized spacial score (nSPS) is 15.5. The van der Waals surface area contributed by atoms with Gasteiger partial charge in [-0.15, -0.1) is 0 Å². The van der Waals surface area contributed by atoms with E-state index in [2.05, 4.69) is 32.3 Å². The Morgan fingerprint density at radius 2 is 1.96 bits per heavy atom. The molecule has 0 saturated carbocycles. The average molecular weight is 438 g/mol. The fourth-order valence-electron chi connectivity index (χ4n) is 3.37. The van der Waals surface area contributed by atoms with Crippen LogP contribution in [0.4, 0.5) is 5.69 Å². The largest absolute Gasteiger partial charge is 0.497 e. The van der Waals surface area contributed by atoms with Crippen LogP contribution in [-0.4, -0.2) is 22.9 Å². The van der Waals surface area contributed by atoms with Gasteiger partial charge in [0.05, 0.1) is 18.4 Å². The number of aromatic nitrogens is 1.